The van der Waals surface area contributed by atoms with Crippen molar-refractivity contribution < 1.29 is 24.1 Å². The molecule has 0 spiro atoms. The van der Waals surface area contributed by atoms with E-state index in [9.17, 15) is 9.90 Å². The van der Waals surface area contributed by atoms with E-state index in [4.69, 9.17) is 14.2 Å². The molecule has 7 rings (SSSR count). The maximum Gasteiger partial charge on any atom is 0.242 e. The molecule has 0 radical (unpaired) electrons. The first-order valence-corrected chi connectivity index (χ1v) is 15.9. The molecule has 5 aromatic carbocycles. The van der Waals surface area contributed by atoms with Crippen LogP contribution in [0.15, 0.2) is 127 Å². The van der Waals surface area contributed by atoms with Crippen LogP contribution in [0.1, 0.15) is 23.1 Å². The Bertz CT molecular complexity index is 1910. The molecule has 1 fully saturated rings. The predicted molar refractivity (Wildman–Crippen MR) is 184 cm³/mol. The lowest BCUT2D eigenvalue weighted by atomic mass is 9.79. The summed E-state index contributed by atoms with van der Waals surface area (Å²) < 4.78 is 21.0. The van der Waals surface area contributed by atoms with Crippen molar-refractivity contribution in [2.45, 2.75) is 30.7 Å². The number of aliphatic hydroxyl groups excluding tert-OH is 1. The molecule has 2 atom stereocenters. The topological polar surface area (TPSA) is 73.2 Å². The van der Waals surface area contributed by atoms with E-state index in [1.165, 1.54) is 0 Å². The highest BCUT2D eigenvalue weighted by Gasteiger charge is 2.43. The zero-order valence-electron chi connectivity index (χ0n) is 26.6. The Morgan fingerprint density at radius 3 is 1.89 bits per heavy atom. The monoisotopic (exact) mass is 626 g/mol. The molecule has 0 aliphatic carbocycles. The standard InChI is InChI=1S/C40H38N2O5/c1-45-37-23-13-20-34(39(37)46-2)40(28-14-5-3-6-15-28,29-16-7-4-8-17-29)47-27-30-24-31(43)25-41(30)38(44)26-42-35-21-11-9-18-32(35)33-19-10-12-22-36(33)42/h3-23,30-31,43H,24-27H2,1-2H3. The lowest BCUT2D eigenvalue weighted by molar-refractivity contribution is -0.134. The number of hydrogen-bond donors (Lipinski definition) is 1. The number of aliphatic hydroxyl groups is 1. The van der Waals surface area contributed by atoms with Crippen LogP contribution in [-0.2, 0) is 21.7 Å². The van der Waals surface area contributed by atoms with E-state index in [-0.39, 0.29) is 31.6 Å². The van der Waals surface area contributed by atoms with Gasteiger partial charge in [-0.3, -0.25) is 4.79 Å². The maximum absolute atomic E-state index is 14.2. The van der Waals surface area contributed by atoms with Crippen molar-refractivity contribution in [3.8, 4) is 11.5 Å². The molecule has 1 saturated heterocycles. The summed E-state index contributed by atoms with van der Waals surface area (Å²) in [5.74, 6) is 1.09. The minimum Gasteiger partial charge on any atom is -0.493 e. The van der Waals surface area contributed by atoms with Crippen LogP contribution in [0.25, 0.3) is 21.8 Å². The smallest absolute Gasteiger partial charge is 0.242 e. The average Bonchev–Trinajstić information content (AvgIpc) is 3.66. The second-order valence-electron chi connectivity index (χ2n) is 12.0. The number of amides is 1. The van der Waals surface area contributed by atoms with Gasteiger partial charge in [0.25, 0.3) is 0 Å². The maximum atomic E-state index is 14.2. The minimum absolute atomic E-state index is 0.0642. The van der Waals surface area contributed by atoms with Crippen molar-refractivity contribution in [3.05, 3.63) is 144 Å². The largest absolute Gasteiger partial charge is 0.493 e. The Labute approximate surface area is 274 Å². The van der Waals surface area contributed by atoms with Gasteiger partial charge in [0.1, 0.15) is 12.1 Å². The SMILES string of the molecule is COc1cccc(C(OCC2CC(O)CN2C(=O)Cn2c3ccccc3c3ccccc32)(c2ccccc2)c2ccccc2)c1OC. The van der Waals surface area contributed by atoms with E-state index in [0.29, 0.717) is 17.9 Å². The van der Waals surface area contributed by atoms with E-state index >= 15 is 0 Å². The van der Waals surface area contributed by atoms with Crippen molar-refractivity contribution in [2.24, 2.45) is 0 Å². The molecule has 1 aromatic heterocycles. The highest BCUT2D eigenvalue weighted by atomic mass is 16.5. The molecule has 1 aliphatic heterocycles. The number of fused-ring (bicyclic) bond motifs is 3. The first kappa shape index (κ1) is 30.5. The van der Waals surface area contributed by atoms with Crippen LogP contribution in [0.4, 0.5) is 0 Å². The average molecular weight is 627 g/mol. The third-order valence-corrected chi connectivity index (χ3v) is 9.32. The summed E-state index contributed by atoms with van der Waals surface area (Å²) in [5, 5.41) is 13.1. The lowest BCUT2D eigenvalue weighted by Gasteiger charge is -2.38. The summed E-state index contributed by atoms with van der Waals surface area (Å²) in [6, 6.07) is 41.9. The van der Waals surface area contributed by atoms with Gasteiger partial charge >= 0.3 is 0 Å². The number of benzene rings is 5. The van der Waals surface area contributed by atoms with Gasteiger partial charge in [-0.05, 0) is 35.7 Å². The lowest BCUT2D eigenvalue weighted by Crippen LogP contribution is -2.43. The van der Waals surface area contributed by atoms with Gasteiger partial charge in [0.2, 0.25) is 5.91 Å². The minimum atomic E-state index is -1.11. The van der Waals surface area contributed by atoms with Gasteiger partial charge in [-0.15, -0.1) is 0 Å². The number of methoxy groups -OCH3 is 2. The number of para-hydroxylation sites is 3. The molecule has 0 bridgehead atoms. The third kappa shape index (κ3) is 5.41. The number of rotatable bonds is 10. The van der Waals surface area contributed by atoms with Gasteiger partial charge in [0.15, 0.2) is 11.5 Å². The Hall–Kier alpha value is -5.11. The van der Waals surface area contributed by atoms with Crippen molar-refractivity contribution >= 4 is 27.7 Å². The molecular formula is C40H38N2O5. The number of β-amino-alcohol motifs (C(OH)–C–C–N with tert-alkyl or cyclic N) is 1. The number of likely N-dealkylation sites (tertiary alicyclic amines) is 1. The molecule has 1 N–H and O–H groups in total. The molecule has 47 heavy (non-hydrogen) atoms. The molecule has 7 heteroatoms. The molecule has 238 valence electrons. The van der Waals surface area contributed by atoms with E-state index in [0.717, 1.165) is 38.5 Å². The van der Waals surface area contributed by atoms with E-state index in [2.05, 4.69) is 28.8 Å². The summed E-state index contributed by atoms with van der Waals surface area (Å²) in [5.41, 5.74) is 3.48. The Balaban J connectivity index is 1.28. The van der Waals surface area contributed by atoms with Crippen molar-refractivity contribution in [1.29, 1.82) is 0 Å². The molecule has 7 nitrogen and oxygen atoms in total. The normalized spacial score (nSPS) is 16.5. The van der Waals surface area contributed by atoms with Gasteiger partial charge in [-0.2, -0.15) is 0 Å². The van der Waals surface area contributed by atoms with Crippen LogP contribution in [0.3, 0.4) is 0 Å². The molecule has 1 amide bonds. The molecule has 2 unspecified atom stereocenters. The highest BCUT2D eigenvalue weighted by Crippen LogP contribution is 2.47. The van der Waals surface area contributed by atoms with Crippen LogP contribution in [-0.4, -0.2) is 60.0 Å². The van der Waals surface area contributed by atoms with E-state index < -0.39 is 11.7 Å². The quantitative estimate of drug-likeness (QED) is 0.170. The number of ether oxygens (including phenoxy) is 3. The number of hydrogen-bond acceptors (Lipinski definition) is 5. The van der Waals surface area contributed by atoms with E-state index in [1.807, 2.05) is 103 Å². The number of carbonyl (C=O) groups is 1. The van der Waals surface area contributed by atoms with E-state index in [1.54, 1.807) is 19.1 Å². The Morgan fingerprint density at radius 1 is 0.745 bits per heavy atom. The van der Waals surface area contributed by atoms with Gasteiger partial charge in [-0.1, -0.05) is 109 Å². The van der Waals surface area contributed by atoms with Crippen LogP contribution < -0.4 is 9.47 Å². The fraction of sp³-hybridized carbons (Fsp3) is 0.225. The fourth-order valence-corrected chi connectivity index (χ4v) is 7.21. The summed E-state index contributed by atoms with van der Waals surface area (Å²) >= 11 is 0. The molecule has 2 heterocycles. The Morgan fingerprint density at radius 2 is 1.32 bits per heavy atom. The third-order valence-electron chi connectivity index (χ3n) is 9.32. The van der Waals surface area contributed by atoms with Crippen LogP contribution in [0, 0.1) is 0 Å². The Kier molecular flexibility index (Phi) is 8.41. The molecule has 6 aromatic rings. The molecule has 0 saturated carbocycles. The number of carbonyl (C=O) groups excluding carboxylic acids is 1. The van der Waals surface area contributed by atoms with Crippen LogP contribution >= 0.6 is 0 Å². The second-order valence-corrected chi connectivity index (χ2v) is 12.0. The number of nitrogens with zero attached hydrogens (tertiary/aromatic N) is 2. The molecule has 1 aliphatic rings. The second kappa shape index (κ2) is 12.9. The fourth-order valence-electron chi connectivity index (χ4n) is 7.21. The zero-order chi connectivity index (χ0) is 32.4. The molecular weight excluding hydrogens is 588 g/mol. The van der Waals surface area contributed by atoms with Crippen LogP contribution in [0.2, 0.25) is 0 Å². The van der Waals surface area contributed by atoms with Gasteiger partial charge in [0, 0.05) is 33.9 Å². The van der Waals surface area contributed by atoms with Crippen molar-refractivity contribution in [3.63, 3.8) is 0 Å². The summed E-state index contributed by atoms with van der Waals surface area (Å²) in [6.45, 7) is 0.583. The summed E-state index contributed by atoms with van der Waals surface area (Å²) in [4.78, 5) is 16.0. The summed E-state index contributed by atoms with van der Waals surface area (Å²) in [6.07, 6.45) is -0.242. The zero-order valence-corrected chi connectivity index (χ0v) is 26.6. The van der Waals surface area contributed by atoms with Gasteiger partial charge in [-0.25, -0.2) is 0 Å². The highest BCUT2D eigenvalue weighted by molar-refractivity contribution is 6.08. The first-order chi connectivity index (χ1) is 23.0. The predicted octanol–water partition coefficient (Wildman–Crippen LogP) is 6.78. The first-order valence-electron chi connectivity index (χ1n) is 15.9. The van der Waals surface area contributed by atoms with Crippen LogP contribution in [0.5, 0.6) is 11.5 Å². The van der Waals surface area contributed by atoms with Gasteiger partial charge < -0.3 is 28.8 Å². The number of aromatic nitrogens is 1. The summed E-state index contributed by atoms with van der Waals surface area (Å²) in [7, 11) is 3.25. The van der Waals surface area contributed by atoms with Crippen molar-refractivity contribution in [2.75, 3.05) is 27.4 Å². The van der Waals surface area contributed by atoms with Crippen molar-refractivity contribution in [1.82, 2.24) is 9.47 Å². The van der Waals surface area contributed by atoms with Gasteiger partial charge in [0.05, 0.1) is 33.0 Å².